The molecule has 3 heteroatoms. The minimum atomic E-state index is -0.230. The molecule has 1 aromatic carbocycles. The van der Waals surface area contributed by atoms with Crippen LogP contribution in [0.2, 0.25) is 0 Å². The zero-order valence-corrected chi connectivity index (χ0v) is 9.74. The fourth-order valence-corrected chi connectivity index (χ4v) is 1.46. The summed E-state index contributed by atoms with van der Waals surface area (Å²) in [6.45, 7) is 6.35. The molecular weight excluding hydrogens is 203 g/mol. The molecular formula is C13H15FN2. The first-order chi connectivity index (χ1) is 7.47. The summed E-state index contributed by atoms with van der Waals surface area (Å²) in [5, 5.41) is 4.48. The number of benzene rings is 1. The maximum atomic E-state index is 12.8. The third-order valence-corrected chi connectivity index (χ3v) is 2.45. The van der Waals surface area contributed by atoms with Crippen molar-refractivity contribution in [1.29, 1.82) is 0 Å². The van der Waals surface area contributed by atoms with E-state index >= 15 is 0 Å². The van der Waals surface area contributed by atoms with Crippen LogP contribution in [-0.2, 0) is 5.41 Å². The summed E-state index contributed by atoms with van der Waals surface area (Å²) in [5.74, 6) is -0.230. The van der Waals surface area contributed by atoms with Crippen LogP contribution in [0.15, 0.2) is 36.5 Å². The van der Waals surface area contributed by atoms with Gasteiger partial charge in [-0.05, 0) is 30.3 Å². The van der Waals surface area contributed by atoms with Crippen molar-refractivity contribution in [1.82, 2.24) is 9.78 Å². The van der Waals surface area contributed by atoms with Crippen molar-refractivity contribution in [2.24, 2.45) is 0 Å². The molecule has 1 heterocycles. The van der Waals surface area contributed by atoms with E-state index < -0.39 is 0 Å². The monoisotopic (exact) mass is 218 g/mol. The third kappa shape index (κ3) is 2.13. The summed E-state index contributed by atoms with van der Waals surface area (Å²) < 4.78 is 14.5. The van der Waals surface area contributed by atoms with Gasteiger partial charge >= 0.3 is 0 Å². The molecule has 0 spiro atoms. The van der Waals surface area contributed by atoms with E-state index in [0.717, 1.165) is 11.4 Å². The Morgan fingerprint density at radius 1 is 1.06 bits per heavy atom. The number of hydrogen-bond acceptors (Lipinski definition) is 1. The van der Waals surface area contributed by atoms with Crippen molar-refractivity contribution < 1.29 is 4.39 Å². The third-order valence-electron chi connectivity index (χ3n) is 2.45. The second-order valence-corrected chi connectivity index (χ2v) is 4.87. The first kappa shape index (κ1) is 10.9. The first-order valence-corrected chi connectivity index (χ1v) is 5.29. The van der Waals surface area contributed by atoms with E-state index in [4.69, 9.17) is 0 Å². The Morgan fingerprint density at radius 2 is 1.69 bits per heavy atom. The van der Waals surface area contributed by atoms with Crippen molar-refractivity contribution in [3.8, 4) is 5.69 Å². The summed E-state index contributed by atoms with van der Waals surface area (Å²) in [4.78, 5) is 0. The summed E-state index contributed by atoms with van der Waals surface area (Å²) in [6, 6.07) is 8.30. The molecule has 0 N–H and O–H groups in total. The SMILES string of the molecule is CC(C)(C)c1ccn(-c2ccc(F)cc2)n1. The Labute approximate surface area is 94.7 Å². The van der Waals surface area contributed by atoms with Gasteiger partial charge in [0, 0.05) is 11.6 Å². The Balaban J connectivity index is 2.35. The van der Waals surface area contributed by atoms with Gasteiger partial charge in [0.05, 0.1) is 11.4 Å². The van der Waals surface area contributed by atoms with Gasteiger partial charge in [0.2, 0.25) is 0 Å². The molecule has 2 nitrogen and oxygen atoms in total. The number of halogens is 1. The Bertz CT molecular complexity index is 477. The van der Waals surface area contributed by atoms with E-state index in [1.807, 2.05) is 12.3 Å². The molecule has 0 unspecified atom stereocenters. The predicted molar refractivity (Wildman–Crippen MR) is 62.2 cm³/mol. The highest BCUT2D eigenvalue weighted by atomic mass is 19.1. The van der Waals surface area contributed by atoms with Crippen LogP contribution in [0.25, 0.3) is 5.69 Å². The number of nitrogens with zero attached hydrogens (tertiary/aromatic N) is 2. The molecule has 2 aromatic rings. The number of rotatable bonds is 1. The molecule has 0 aliphatic rings. The van der Waals surface area contributed by atoms with Crippen LogP contribution in [0.1, 0.15) is 26.5 Å². The molecule has 2 rings (SSSR count). The number of aromatic nitrogens is 2. The van der Waals surface area contributed by atoms with Crippen molar-refractivity contribution in [3.05, 3.63) is 48.0 Å². The summed E-state index contributed by atoms with van der Waals surface area (Å²) in [7, 11) is 0. The summed E-state index contributed by atoms with van der Waals surface area (Å²) in [6.07, 6.45) is 1.90. The summed E-state index contributed by atoms with van der Waals surface area (Å²) in [5.41, 5.74) is 1.93. The Hall–Kier alpha value is -1.64. The van der Waals surface area contributed by atoms with Gasteiger partial charge in [0.15, 0.2) is 0 Å². The average molecular weight is 218 g/mol. The standard InChI is InChI=1S/C13H15FN2/c1-13(2,3)12-8-9-16(15-12)11-6-4-10(14)5-7-11/h4-9H,1-3H3. The molecule has 0 amide bonds. The van der Waals surface area contributed by atoms with E-state index in [-0.39, 0.29) is 11.2 Å². The highest BCUT2D eigenvalue weighted by Gasteiger charge is 2.16. The van der Waals surface area contributed by atoms with Crippen LogP contribution in [0.4, 0.5) is 4.39 Å². The largest absolute Gasteiger partial charge is 0.241 e. The van der Waals surface area contributed by atoms with Crippen molar-refractivity contribution in [2.45, 2.75) is 26.2 Å². The molecule has 0 atom stereocenters. The van der Waals surface area contributed by atoms with Crippen LogP contribution >= 0.6 is 0 Å². The van der Waals surface area contributed by atoms with Crippen LogP contribution in [0, 0.1) is 5.82 Å². The molecule has 0 saturated carbocycles. The quantitative estimate of drug-likeness (QED) is 0.718. The molecule has 0 fully saturated rings. The lowest BCUT2D eigenvalue weighted by atomic mass is 9.93. The Morgan fingerprint density at radius 3 is 2.19 bits per heavy atom. The molecule has 0 aliphatic carbocycles. The highest BCUT2D eigenvalue weighted by Crippen LogP contribution is 2.20. The lowest BCUT2D eigenvalue weighted by Gasteiger charge is -2.14. The second-order valence-electron chi connectivity index (χ2n) is 4.87. The van der Waals surface area contributed by atoms with Gasteiger partial charge in [-0.25, -0.2) is 9.07 Å². The minimum Gasteiger partial charge on any atom is -0.241 e. The van der Waals surface area contributed by atoms with Crippen molar-refractivity contribution in [2.75, 3.05) is 0 Å². The molecule has 0 radical (unpaired) electrons. The fourth-order valence-electron chi connectivity index (χ4n) is 1.46. The van der Waals surface area contributed by atoms with Crippen molar-refractivity contribution in [3.63, 3.8) is 0 Å². The maximum absolute atomic E-state index is 12.8. The fraction of sp³-hybridized carbons (Fsp3) is 0.308. The lowest BCUT2D eigenvalue weighted by molar-refractivity contribution is 0.560. The maximum Gasteiger partial charge on any atom is 0.123 e. The van der Waals surface area contributed by atoms with Gasteiger partial charge < -0.3 is 0 Å². The normalized spacial score (nSPS) is 11.8. The van der Waals surface area contributed by atoms with Crippen LogP contribution in [0.5, 0.6) is 0 Å². The van der Waals surface area contributed by atoms with E-state index in [1.54, 1.807) is 16.8 Å². The molecule has 0 aliphatic heterocycles. The lowest BCUT2D eigenvalue weighted by Crippen LogP contribution is -2.12. The van der Waals surface area contributed by atoms with Gasteiger partial charge in [-0.15, -0.1) is 0 Å². The Kier molecular flexibility index (Phi) is 2.54. The zero-order valence-electron chi connectivity index (χ0n) is 9.74. The highest BCUT2D eigenvalue weighted by molar-refractivity contribution is 5.31. The predicted octanol–water partition coefficient (Wildman–Crippen LogP) is 3.31. The molecule has 84 valence electrons. The van der Waals surface area contributed by atoms with Gasteiger partial charge in [0.1, 0.15) is 5.82 Å². The van der Waals surface area contributed by atoms with Gasteiger partial charge in [-0.3, -0.25) is 0 Å². The second kappa shape index (κ2) is 3.74. The molecule has 0 saturated heterocycles. The minimum absolute atomic E-state index is 0.0330. The zero-order chi connectivity index (χ0) is 11.8. The first-order valence-electron chi connectivity index (χ1n) is 5.29. The van der Waals surface area contributed by atoms with E-state index in [2.05, 4.69) is 25.9 Å². The van der Waals surface area contributed by atoms with E-state index in [0.29, 0.717) is 0 Å². The van der Waals surface area contributed by atoms with Crippen LogP contribution in [0.3, 0.4) is 0 Å². The van der Waals surface area contributed by atoms with Crippen LogP contribution in [-0.4, -0.2) is 9.78 Å². The molecule has 1 aromatic heterocycles. The van der Waals surface area contributed by atoms with E-state index in [9.17, 15) is 4.39 Å². The van der Waals surface area contributed by atoms with Gasteiger partial charge in [0.25, 0.3) is 0 Å². The average Bonchev–Trinajstić information content (AvgIpc) is 2.67. The van der Waals surface area contributed by atoms with Gasteiger partial charge in [-0.2, -0.15) is 5.10 Å². The van der Waals surface area contributed by atoms with Crippen molar-refractivity contribution >= 4 is 0 Å². The van der Waals surface area contributed by atoms with Crippen LogP contribution < -0.4 is 0 Å². The molecule has 16 heavy (non-hydrogen) atoms. The van der Waals surface area contributed by atoms with Gasteiger partial charge in [-0.1, -0.05) is 20.8 Å². The topological polar surface area (TPSA) is 17.8 Å². The smallest absolute Gasteiger partial charge is 0.123 e. The number of hydrogen-bond donors (Lipinski definition) is 0. The summed E-state index contributed by atoms with van der Waals surface area (Å²) >= 11 is 0. The van der Waals surface area contributed by atoms with E-state index in [1.165, 1.54) is 12.1 Å². The molecule has 0 bridgehead atoms.